The lowest BCUT2D eigenvalue weighted by molar-refractivity contribution is -0.141. The number of rotatable bonds is 8. The van der Waals surface area contributed by atoms with Crippen molar-refractivity contribution in [3.8, 4) is 0 Å². The molecule has 0 aliphatic heterocycles. The Balaban J connectivity index is 1.90. The highest BCUT2D eigenvalue weighted by Gasteiger charge is 2.31. The fourth-order valence-corrected chi connectivity index (χ4v) is 4.39. The summed E-state index contributed by atoms with van der Waals surface area (Å²) in [5, 5.41) is 2.40. The number of nitrogens with zero attached hydrogens (tertiary/aromatic N) is 1. The number of amides is 2. The molecule has 0 atom stereocenters. The normalized spacial score (nSPS) is 10.8. The molecule has 0 aliphatic carbocycles. The summed E-state index contributed by atoms with van der Waals surface area (Å²) >= 11 is 0. The summed E-state index contributed by atoms with van der Waals surface area (Å²) in [5.74, 6) is -1.85. The molecule has 0 fully saturated rings. The van der Waals surface area contributed by atoms with Crippen molar-refractivity contribution < 1.29 is 27.5 Å². The molecule has 0 saturated heterocycles. The van der Waals surface area contributed by atoms with Crippen molar-refractivity contribution in [3.05, 3.63) is 96.1 Å². The Kier molecular flexibility index (Phi) is 7.57. The van der Waals surface area contributed by atoms with Crippen LogP contribution in [0, 0.1) is 0 Å². The zero-order valence-electron chi connectivity index (χ0n) is 17.8. The summed E-state index contributed by atoms with van der Waals surface area (Å²) in [7, 11) is -4.30. The maximum atomic E-state index is 13.5. The molecule has 0 spiro atoms. The number of nitrogens with one attached hydrogen (secondary N) is 1. The molecule has 3 aromatic rings. The van der Waals surface area contributed by atoms with Crippen molar-refractivity contribution in [2.24, 2.45) is 0 Å². The van der Waals surface area contributed by atoms with Gasteiger partial charge in [0.1, 0.15) is 6.54 Å². The summed E-state index contributed by atoms with van der Waals surface area (Å²) < 4.78 is 32.4. The maximum Gasteiger partial charge on any atom is 0.325 e. The van der Waals surface area contributed by atoms with E-state index >= 15 is 0 Å². The Morgan fingerprint density at radius 2 is 1.39 bits per heavy atom. The molecular formula is C24H22N2O6S. The third-order valence-electron chi connectivity index (χ3n) is 4.55. The van der Waals surface area contributed by atoms with Crippen LogP contribution in [0.1, 0.15) is 27.6 Å². The van der Waals surface area contributed by atoms with Gasteiger partial charge in [0.05, 0.1) is 17.2 Å². The lowest BCUT2D eigenvalue weighted by atomic mass is 10.2. The molecule has 2 amide bonds. The standard InChI is InChI=1S/C24H22N2O6S/c1-2-32-22(27)17-25-23(28)18-13-15-21(16-14-18)33(30,31)26(20-11-7-4-8-12-20)24(29)19-9-5-3-6-10-19/h3-16H,2,17H2,1H3,(H,25,28). The largest absolute Gasteiger partial charge is 0.465 e. The van der Waals surface area contributed by atoms with E-state index in [4.69, 9.17) is 4.74 Å². The van der Waals surface area contributed by atoms with Crippen molar-refractivity contribution in [1.82, 2.24) is 5.32 Å². The minimum atomic E-state index is -4.30. The van der Waals surface area contributed by atoms with Gasteiger partial charge in [-0.2, -0.15) is 4.31 Å². The van der Waals surface area contributed by atoms with E-state index in [-0.39, 0.29) is 34.9 Å². The van der Waals surface area contributed by atoms with Gasteiger partial charge < -0.3 is 10.1 Å². The average Bonchev–Trinajstić information content (AvgIpc) is 2.84. The van der Waals surface area contributed by atoms with Gasteiger partial charge in [0.2, 0.25) is 0 Å². The first-order valence-electron chi connectivity index (χ1n) is 10.1. The molecule has 0 bridgehead atoms. The highest BCUT2D eigenvalue weighted by molar-refractivity contribution is 7.93. The number of para-hydroxylation sites is 1. The molecule has 3 rings (SSSR count). The highest BCUT2D eigenvalue weighted by Crippen LogP contribution is 2.26. The second-order valence-corrected chi connectivity index (χ2v) is 8.57. The van der Waals surface area contributed by atoms with Gasteiger partial charge in [-0.3, -0.25) is 14.4 Å². The van der Waals surface area contributed by atoms with E-state index in [9.17, 15) is 22.8 Å². The molecule has 33 heavy (non-hydrogen) atoms. The van der Waals surface area contributed by atoms with E-state index in [0.29, 0.717) is 0 Å². The number of hydrogen-bond donors (Lipinski definition) is 1. The molecule has 3 aromatic carbocycles. The first kappa shape index (κ1) is 23.7. The van der Waals surface area contributed by atoms with Crippen LogP contribution in [0.5, 0.6) is 0 Å². The number of carbonyl (C=O) groups excluding carboxylic acids is 3. The van der Waals surface area contributed by atoms with Crippen LogP contribution in [-0.2, 0) is 19.6 Å². The van der Waals surface area contributed by atoms with Crippen molar-refractivity contribution >= 4 is 33.5 Å². The van der Waals surface area contributed by atoms with E-state index in [2.05, 4.69) is 5.32 Å². The highest BCUT2D eigenvalue weighted by atomic mass is 32.2. The minimum Gasteiger partial charge on any atom is -0.465 e. The number of ether oxygens (including phenoxy) is 1. The zero-order chi connectivity index (χ0) is 23.8. The molecule has 9 heteroatoms. The molecule has 170 valence electrons. The van der Waals surface area contributed by atoms with E-state index in [1.165, 1.54) is 48.5 Å². The molecule has 0 aromatic heterocycles. The Labute approximate surface area is 191 Å². The topological polar surface area (TPSA) is 110 Å². The lowest BCUT2D eigenvalue weighted by Crippen LogP contribution is -2.37. The Bertz CT molecular complexity index is 1230. The number of sulfonamides is 1. The number of esters is 1. The second-order valence-electron chi connectivity index (χ2n) is 6.79. The van der Waals surface area contributed by atoms with Gasteiger partial charge >= 0.3 is 5.97 Å². The molecule has 0 unspecified atom stereocenters. The molecule has 0 heterocycles. The third-order valence-corrected chi connectivity index (χ3v) is 6.27. The molecule has 8 nitrogen and oxygen atoms in total. The van der Waals surface area contributed by atoms with E-state index in [1.807, 2.05) is 0 Å². The monoisotopic (exact) mass is 466 g/mol. The summed E-state index contributed by atoms with van der Waals surface area (Å²) in [6.07, 6.45) is 0. The average molecular weight is 467 g/mol. The van der Waals surface area contributed by atoms with Crippen LogP contribution in [0.15, 0.2) is 89.8 Å². The summed E-state index contributed by atoms with van der Waals surface area (Å²) in [5.41, 5.74) is 0.543. The molecule has 1 N–H and O–H groups in total. The number of anilines is 1. The SMILES string of the molecule is CCOC(=O)CNC(=O)c1ccc(S(=O)(=O)N(C(=O)c2ccccc2)c2ccccc2)cc1. The van der Waals surface area contributed by atoms with Crippen molar-refractivity contribution in [3.63, 3.8) is 0 Å². The maximum absolute atomic E-state index is 13.5. The fourth-order valence-electron chi connectivity index (χ4n) is 2.98. The summed E-state index contributed by atoms with van der Waals surface area (Å²) in [4.78, 5) is 36.6. The van der Waals surface area contributed by atoms with Crippen LogP contribution < -0.4 is 9.62 Å². The van der Waals surface area contributed by atoms with Gasteiger partial charge in [-0.05, 0) is 55.5 Å². The van der Waals surface area contributed by atoms with E-state index in [0.717, 1.165) is 4.31 Å². The quantitative estimate of drug-likeness (QED) is 0.511. The Morgan fingerprint density at radius 3 is 1.97 bits per heavy atom. The van der Waals surface area contributed by atoms with Crippen LogP contribution in [0.2, 0.25) is 0 Å². The van der Waals surface area contributed by atoms with Crippen LogP contribution in [0.3, 0.4) is 0 Å². The number of benzene rings is 3. The van der Waals surface area contributed by atoms with Gasteiger partial charge in [0.25, 0.3) is 21.8 Å². The second kappa shape index (κ2) is 10.6. The summed E-state index contributed by atoms with van der Waals surface area (Å²) in [6.45, 7) is 1.54. The predicted octanol–water partition coefficient (Wildman–Crippen LogP) is 3.02. The third kappa shape index (κ3) is 5.64. The number of hydrogen-bond acceptors (Lipinski definition) is 6. The van der Waals surface area contributed by atoms with Crippen LogP contribution in [0.4, 0.5) is 5.69 Å². The predicted molar refractivity (Wildman–Crippen MR) is 122 cm³/mol. The Morgan fingerprint density at radius 1 is 0.818 bits per heavy atom. The molecule has 0 saturated carbocycles. The first-order valence-corrected chi connectivity index (χ1v) is 11.5. The van der Waals surface area contributed by atoms with Gasteiger partial charge in [-0.25, -0.2) is 8.42 Å². The van der Waals surface area contributed by atoms with E-state index in [1.54, 1.807) is 43.3 Å². The van der Waals surface area contributed by atoms with Crippen LogP contribution in [-0.4, -0.2) is 39.4 Å². The Hall–Kier alpha value is -3.98. The smallest absolute Gasteiger partial charge is 0.325 e. The molecular weight excluding hydrogens is 444 g/mol. The van der Waals surface area contributed by atoms with Crippen molar-refractivity contribution in [1.29, 1.82) is 0 Å². The molecule has 0 radical (unpaired) electrons. The molecule has 0 aliphatic rings. The number of carbonyl (C=O) groups is 3. The zero-order valence-corrected chi connectivity index (χ0v) is 18.6. The van der Waals surface area contributed by atoms with E-state index < -0.39 is 27.8 Å². The fraction of sp³-hybridized carbons (Fsp3) is 0.125. The van der Waals surface area contributed by atoms with Crippen LogP contribution >= 0.6 is 0 Å². The van der Waals surface area contributed by atoms with Crippen LogP contribution in [0.25, 0.3) is 0 Å². The summed E-state index contributed by atoms with van der Waals surface area (Å²) in [6, 6.07) is 21.2. The minimum absolute atomic E-state index is 0.152. The van der Waals surface area contributed by atoms with Gasteiger partial charge in [0.15, 0.2) is 0 Å². The van der Waals surface area contributed by atoms with Gasteiger partial charge in [-0.1, -0.05) is 36.4 Å². The first-order chi connectivity index (χ1) is 15.8. The van der Waals surface area contributed by atoms with Crippen molar-refractivity contribution in [2.45, 2.75) is 11.8 Å². The van der Waals surface area contributed by atoms with Gasteiger partial charge in [-0.15, -0.1) is 0 Å². The van der Waals surface area contributed by atoms with Crippen molar-refractivity contribution in [2.75, 3.05) is 17.5 Å². The van der Waals surface area contributed by atoms with Gasteiger partial charge in [0, 0.05) is 11.1 Å². The lowest BCUT2D eigenvalue weighted by Gasteiger charge is -2.23.